The molecule has 1 aliphatic heterocycles. The molecule has 0 amide bonds. The Bertz CT molecular complexity index is 367. The maximum absolute atomic E-state index is 6.12. The molecule has 0 radical (unpaired) electrons. The molecule has 2 rings (SSSR count). The lowest BCUT2D eigenvalue weighted by molar-refractivity contribution is 0.142. The molecule has 2 unspecified atom stereocenters. The van der Waals surface area contributed by atoms with E-state index >= 15 is 0 Å². The van der Waals surface area contributed by atoms with Crippen molar-refractivity contribution in [3.05, 3.63) is 24.3 Å². The zero-order valence-electron chi connectivity index (χ0n) is 10.8. The van der Waals surface area contributed by atoms with Gasteiger partial charge in [0.1, 0.15) is 11.9 Å². The molecule has 17 heavy (non-hydrogen) atoms. The first-order chi connectivity index (χ1) is 8.22. The van der Waals surface area contributed by atoms with Gasteiger partial charge in [0.25, 0.3) is 0 Å². The molecule has 1 aromatic carbocycles. The highest BCUT2D eigenvalue weighted by molar-refractivity contribution is 7.99. The Labute approximate surface area is 108 Å². The van der Waals surface area contributed by atoms with Gasteiger partial charge >= 0.3 is 0 Å². The molecule has 3 heteroatoms. The van der Waals surface area contributed by atoms with Crippen molar-refractivity contribution in [3.8, 4) is 5.75 Å². The second-order valence-corrected chi connectivity index (χ2v) is 5.80. The van der Waals surface area contributed by atoms with E-state index < -0.39 is 0 Å². The number of hydrogen-bond donors (Lipinski definition) is 1. The van der Waals surface area contributed by atoms with Crippen LogP contribution in [0.5, 0.6) is 5.75 Å². The lowest BCUT2D eigenvalue weighted by atomic mass is 9.99. The first-order valence-corrected chi connectivity index (χ1v) is 7.32. The molecule has 0 saturated heterocycles. The van der Waals surface area contributed by atoms with Crippen LogP contribution in [-0.2, 0) is 0 Å². The minimum absolute atomic E-state index is 0.273. The second-order valence-electron chi connectivity index (χ2n) is 4.74. The first-order valence-electron chi connectivity index (χ1n) is 6.34. The van der Waals surface area contributed by atoms with E-state index in [1.54, 1.807) is 0 Å². The van der Waals surface area contributed by atoms with E-state index in [0.717, 1.165) is 18.0 Å². The number of para-hydroxylation sites is 1. The van der Waals surface area contributed by atoms with Crippen molar-refractivity contribution in [3.63, 3.8) is 0 Å². The number of thioether (sulfide) groups is 1. The van der Waals surface area contributed by atoms with Crippen molar-refractivity contribution < 1.29 is 4.74 Å². The molecule has 0 aliphatic carbocycles. The van der Waals surface area contributed by atoms with Gasteiger partial charge in [-0.25, -0.2) is 0 Å². The third-order valence-electron chi connectivity index (χ3n) is 3.09. The second kappa shape index (κ2) is 5.78. The van der Waals surface area contributed by atoms with E-state index in [9.17, 15) is 0 Å². The molecule has 0 aromatic heterocycles. The molecule has 2 atom stereocenters. The Balaban J connectivity index is 2.10. The summed E-state index contributed by atoms with van der Waals surface area (Å²) in [4.78, 5) is 1.27. The highest BCUT2D eigenvalue weighted by atomic mass is 32.2. The van der Waals surface area contributed by atoms with Gasteiger partial charge in [-0.1, -0.05) is 32.9 Å². The fourth-order valence-corrected chi connectivity index (χ4v) is 3.30. The summed E-state index contributed by atoms with van der Waals surface area (Å²) in [5.74, 6) is 2.66. The minimum Gasteiger partial charge on any atom is -0.487 e. The van der Waals surface area contributed by atoms with Crippen LogP contribution in [0.2, 0.25) is 0 Å². The topological polar surface area (TPSA) is 21.3 Å². The zero-order valence-corrected chi connectivity index (χ0v) is 11.6. The summed E-state index contributed by atoms with van der Waals surface area (Å²) < 4.78 is 6.12. The van der Waals surface area contributed by atoms with Crippen LogP contribution in [0, 0.1) is 5.92 Å². The Morgan fingerprint density at radius 1 is 1.41 bits per heavy atom. The molecule has 1 N–H and O–H groups in total. The van der Waals surface area contributed by atoms with Crippen LogP contribution in [0.3, 0.4) is 0 Å². The predicted molar refractivity (Wildman–Crippen MR) is 73.9 cm³/mol. The highest BCUT2D eigenvalue weighted by Gasteiger charge is 2.29. The van der Waals surface area contributed by atoms with Crippen LogP contribution in [0.25, 0.3) is 0 Å². The third kappa shape index (κ3) is 2.96. The molecule has 0 fully saturated rings. The van der Waals surface area contributed by atoms with E-state index in [1.165, 1.54) is 4.90 Å². The average Bonchev–Trinajstić information content (AvgIpc) is 2.35. The molecule has 1 aromatic rings. The van der Waals surface area contributed by atoms with E-state index in [4.69, 9.17) is 4.74 Å². The van der Waals surface area contributed by atoms with Gasteiger partial charge in [-0.3, -0.25) is 0 Å². The lowest BCUT2D eigenvalue weighted by Crippen LogP contribution is -2.48. The quantitative estimate of drug-likeness (QED) is 0.888. The molecule has 0 bridgehead atoms. The normalized spacial score (nSPS) is 20.8. The van der Waals surface area contributed by atoms with Gasteiger partial charge in [0, 0.05) is 16.7 Å². The number of hydrogen-bond acceptors (Lipinski definition) is 3. The number of benzene rings is 1. The summed E-state index contributed by atoms with van der Waals surface area (Å²) >= 11 is 1.90. The van der Waals surface area contributed by atoms with Gasteiger partial charge < -0.3 is 10.1 Å². The summed E-state index contributed by atoms with van der Waals surface area (Å²) in [6, 6.07) is 8.74. The summed E-state index contributed by atoms with van der Waals surface area (Å²) in [5.41, 5.74) is 0. The van der Waals surface area contributed by atoms with Crippen molar-refractivity contribution in [1.82, 2.24) is 5.32 Å². The molecule has 94 valence electrons. The Morgan fingerprint density at radius 2 is 2.18 bits per heavy atom. The van der Waals surface area contributed by atoms with Gasteiger partial charge in [0.2, 0.25) is 0 Å². The summed E-state index contributed by atoms with van der Waals surface area (Å²) in [5, 5.41) is 3.54. The van der Waals surface area contributed by atoms with Crippen LogP contribution in [0.1, 0.15) is 20.8 Å². The standard InChI is InChI=1S/C14H21NOS/c1-4-15-14(10(2)3)12-9-17-13-8-6-5-7-11(13)16-12/h5-8,10,12,14-15H,4,9H2,1-3H3. The van der Waals surface area contributed by atoms with Gasteiger partial charge in [0.05, 0.1) is 0 Å². The maximum Gasteiger partial charge on any atom is 0.133 e. The average molecular weight is 251 g/mol. The van der Waals surface area contributed by atoms with Crippen LogP contribution in [0.15, 0.2) is 29.2 Å². The van der Waals surface area contributed by atoms with Crippen molar-refractivity contribution in [2.45, 2.75) is 37.8 Å². The van der Waals surface area contributed by atoms with Gasteiger partial charge in [-0.15, -0.1) is 11.8 Å². The first kappa shape index (κ1) is 12.8. The SMILES string of the molecule is CCNC(C(C)C)C1CSc2ccccc2O1. The Hall–Kier alpha value is -0.670. The Kier molecular flexibility index (Phi) is 4.35. The number of likely N-dealkylation sites (N-methyl/N-ethyl adjacent to an activating group) is 1. The molecule has 0 spiro atoms. The molecular weight excluding hydrogens is 230 g/mol. The number of rotatable bonds is 4. The minimum atomic E-state index is 0.273. The number of ether oxygens (including phenoxy) is 1. The lowest BCUT2D eigenvalue weighted by Gasteiger charge is -2.34. The zero-order chi connectivity index (χ0) is 12.3. The van der Waals surface area contributed by atoms with Crippen LogP contribution in [0.4, 0.5) is 0 Å². The van der Waals surface area contributed by atoms with Crippen LogP contribution < -0.4 is 10.1 Å². The van der Waals surface area contributed by atoms with E-state index in [-0.39, 0.29) is 6.10 Å². The third-order valence-corrected chi connectivity index (χ3v) is 4.23. The van der Waals surface area contributed by atoms with E-state index in [0.29, 0.717) is 12.0 Å². The van der Waals surface area contributed by atoms with E-state index in [2.05, 4.69) is 44.3 Å². The predicted octanol–water partition coefficient (Wildman–Crippen LogP) is 3.17. The molecule has 2 nitrogen and oxygen atoms in total. The van der Waals surface area contributed by atoms with Crippen LogP contribution >= 0.6 is 11.8 Å². The fraction of sp³-hybridized carbons (Fsp3) is 0.571. The van der Waals surface area contributed by atoms with Crippen LogP contribution in [-0.4, -0.2) is 24.4 Å². The molecule has 1 aliphatic rings. The fourth-order valence-electron chi connectivity index (χ4n) is 2.24. The number of nitrogens with one attached hydrogen (secondary N) is 1. The van der Waals surface area contributed by atoms with Gasteiger partial charge in [0.15, 0.2) is 0 Å². The number of fused-ring (bicyclic) bond motifs is 1. The smallest absolute Gasteiger partial charge is 0.133 e. The van der Waals surface area contributed by atoms with Crippen molar-refractivity contribution in [2.75, 3.05) is 12.3 Å². The summed E-state index contributed by atoms with van der Waals surface area (Å²) in [7, 11) is 0. The molecule has 0 saturated carbocycles. The van der Waals surface area contributed by atoms with Crippen molar-refractivity contribution >= 4 is 11.8 Å². The maximum atomic E-state index is 6.12. The largest absolute Gasteiger partial charge is 0.487 e. The van der Waals surface area contributed by atoms with Gasteiger partial charge in [-0.2, -0.15) is 0 Å². The van der Waals surface area contributed by atoms with E-state index in [1.807, 2.05) is 17.8 Å². The Morgan fingerprint density at radius 3 is 2.88 bits per heavy atom. The monoisotopic (exact) mass is 251 g/mol. The molecular formula is C14H21NOS. The van der Waals surface area contributed by atoms with Gasteiger partial charge in [-0.05, 0) is 24.6 Å². The summed E-state index contributed by atoms with van der Waals surface area (Å²) in [6.45, 7) is 7.65. The summed E-state index contributed by atoms with van der Waals surface area (Å²) in [6.07, 6.45) is 0.273. The van der Waals surface area contributed by atoms with Crippen molar-refractivity contribution in [2.24, 2.45) is 5.92 Å². The highest BCUT2D eigenvalue weighted by Crippen LogP contribution is 2.36. The molecule has 1 heterocycles. The van der Waals surface area contributed by atoms with Crippen molar-refractivity contribution in [1.29, 1.82) is 0 Å².